The molecule has 0 saturated heterocycles. The van der Waals surface area contributed by atoms with Crippen molar-refractivity contribution in [2.45, 2.75) is 165 Å². The maximum Gasteiger partial charge on any atom is 2.00 e. The third kappa shape index (κ3) is 31.0. The molecule has 0 aliphatic carbocycles. The molecular formula is C42H64CaN2O12S2. The molecule has 0 aliphatic rings. The van der Waals surface area contributed by atoms with Crippen LogP contribution in [-0.2, 0) is 39.4 Å². The van der Waals surface area contributed by atoms with Gasteiger partial charge in [-0.05, 0) is 87.1 Å². The number of unbranched alkanes of at least 4 members (excludes halogenated alkanes) is 14. The van der Waals surface area contributed by atoms with Crippen LogP contribution in [0.3, 0.4) is 0 Å². The maximum absolute atomic E-state index is 11.8. The average Bonchev–Trinajstić information content (AvgIpc) is 3.17. The van der Waals surface area contributed by atoms with E-state index in [1.807, 2.05) is 0 Å². The molecule has 0 atom stereocenters. The Kier molecular flexibility index (Phi) is 32.5. The number of benzene rings is 2. The summed E-state index contributed by atoms with van der Waals surface area (Å²) in [5.74, 6) is -0.273. The molecule has 0 aliphatic heterocycles. The van der Waals surface area contributed by atoms with Crippen molar-refractivity contribution in [3.8, 4) is 11.5 Å². The van der Waals surface area contributed by atoms with Crippen molar-refractivity contribution in [1.29, 1.82) is 0 Å². The Hall–Kier alpha value is -2.60. The summed E-state index contributed by atoms with van der Waals surface area (Å²) < 4.78 is 75.3. The van der Waals surface area contributed by atoms with E-state index in [9.17, 15) is 45.1 Å². The molecule has 17 heteroatoms. The van der Waals surface area contributed by atoms with Crippen molar-refractivity contribution in [2.75, 3.05) is 13.1 Å². The van der Waals surface area contributed by atoms with E-state index < -0.39 is 32.2 Å². The number of hydrogen-bond donors (Lipinski definition) is 2. The Morgan fingerprint density at radius 2 is 0.746 bits per heavy atom. The fourth-order valence-corrected chi connectivity index (χ4v) is 6.56. The molecule has 2 aromatic rings. The number of amides is 2. The summed E-state index contributed by atoms with van der Waals surface area (Å²) in [5, 5.41) is 5.80. The molecule has 0 fully saturated rings. The summed E-state index contributed by atoms with van der Waals surface area (Å²) in [6, 6.07) is 9.56. The molecule has 0 heterocycles. The van der Waals surface area contributed by atoms with Gasteiger partial charge >= 0.3 is 49.7 Å². The van der Waals surface area contributed by atoms with Crippen LogP contribution in [0.5, 0.6) is 11.5 Å². The van der Waals surface area contributed by atoms with E-state index in [2.05, 4.69) is 24.5 Å². The van der Waals surface area contributed by atoms with Gasteiger partial charge in [-0.2, -0.15) is 0 Å². The van der Waals surface area contributed by atoms with E-state index in [4.69, 9.17) is 9.47 Å². The van der Waals surface area contributed by atoms with Crippen LogP contribution < -0.4 is 20.1 Å². The van der Waals surface area contributed by atoms with Gasteiger partial charge in [0.2, 0.25) is 11.8 Å². The van der Waals surface area contributed by atoms with E-state index in [-0.39, 0.29) is 83.7 Å². The SMILES string of the molecule is CCCCCCCCC(=O)NCCCCCC(=O)Oc1ccc(S(=O)(=O)[O-])cc1.CCCCCCCCC(=O)NCCCCCC(=O)Oc1ccc(S(=O)(=O)[O-])cc1.[Ca+2]. The quantitative estimate of drug-likeness (QED) is 0.0256. The third-order valence-corrected chi connectivity index (χ3v) is 10.7. The van der Waals surface area contributed by atoms with Gasteiger partial charge in [0.15, 0.2) is 0 Å². The minimum Gasteiger partial charge on any atom is -0.744 e. The van der Waals surface area contributed by atoms with Crippen molar-refractivity contribution in [3.63, 3.8) is 0 Å². The smallest absolute Gasteiger partial charge is 0.744 e. The summed E-state index contributed by atoms with van der Waals surface area (Å²) in [5.41, 5.74) is 0. The fourth-order valence-electron chi connectivity index (χ4n) is 5.62. The molecule has 0 saturated carbocycles. The molecule has 0 radical (unpaired) electrons. The summed E-state index contributed by atoms with van der Waals surface area (Å²) >= 11 is 0. The van der Waals surface area contributed by atoms with Crippen LogP contribution in [0.2, 0.25) is 0 Å². The topological polar surface area (TPSA) is 225 Å². The standard InChI is InChI=1S/2C21H33NO6S.Ca/c2*1-2-3-4-5-6-8-11-20(23)22-17-10-7-9-12-21(24)28-18-13-15-19(16-14-18)29(25,26)27;/h2*13-16H,2-12,17H2,1H3,(H,22,23)(H,25,26,27);/q;;+2/p-2. The number of ether oxygens (including phenoxy) is 2. The second-order valence-corrected chi connectivity index (χ2v) is 16.9. The molecule has 0 bridgehead atoms. The first-order valence-electron chi connectivity index (χ1n) is 20.7. The van der Waals surface area contributed by atoms with Crippen molar-refractivity contribution in [2.24, 2.45) is 0 Å². The van der Waals surface area contributed by atoms with Gasteiger partial charge in [-0.15, -0.1) is 0 Å². The summed E-state index contributed by atoms with van der Waals surface area (Å²) in [7, 11) is -9.02. The van der Waals surface area contributed by atoms with Gasteiger partial charge in [0, 0.05) is 38.8 Å². The number of carbonyl (C=O) groups excluding carboxylic acids is 4. The van der Waals surface area contributed by atoms with Crippen LogP contribution in [0.25, 0.3) is 0 Å². The zero-order valence-corrected chi connectivity index (χ0v) is 38.9. The Morgan fingerprint density at radius 3 is 1.07 bits per heavy atom. The van der Waals surface area contributed by atoms with Gasteiger partial charge < -0.3 is 29.2 Å². The predicted octanol–water partition coefficient (Wildman–Crippen LogP) is 7.47. The minimum atomic E-state index is -4.51. The maximum atomic E-state index is 11.8. The number of carbonyl (C=O) groups is 4. The van der Waals surface area contributed by atoms with Crippen molar-refractivity contribution >= 4 is 81.7 Å². The summed E-state index contributed by atoms with van der Waals surface area (Å²) in [6.07, 6.45) is 20.0. The molecular weight excluding hydrogens is 829 g/mol. The van der Waals surface area contributed by atoms with Gasteiger partial charge in [0.25, 0.3) is 0 Å². The van der Waals surface area contributed by atoms with Crippen molar-refractivity contribution in [1.82, 2.24) is 10.6 Å². The molecule has 14 nitrogen and oxygen atoms in total. The molecule has 0 unspecified atom stereocenters. The van der Waals surface area contributed by atoms with Crippen LogP contribution in [-0.4, -0.2) is 101 Å². The van der Waals surface area contributed by atoms with Crippen molar-refractivity contribution in [3.05, 3.63) is 48.5 Å². The number of nitrogens with one attached hydrogen (secondary N) is 2. The molecule has 59 heavy (non-hydrogen) atoms. The van der Waals surface area contributed by atoms with Gasteiger partial charge in [0.1, 0.15) is 31.7 Å². The molecule has 0 spiro atoms. The first-order valence-corrected chi connectivity index (χ1v) is 23.5. The third-order valence-electron chi connectivity index (χ3n) is 8.96. The zero-order valence-electron chi connectivity index (χ0n) is 35.0. The first kappa shape index (κ1) is 56.4. The average molecular weight is 893 g/mol. The minimum absolute atomic E-state index is 0. The van der Waals surface area contributed by atoms with Crippen LogP contribution in [0.1, 0.15) is 155 Å². The van der Waals surface area contributed by atoms with E-state index in [1.54, 1.807) is 0 Å². The first-order chi connectivity index (χ1) is 27.6. The fraction of sp³-hybridized carbons (Fsp3) is 0.619. The number of esters is 2. The van der Waals surface area contributed by atoms with E-state index >= 15 is 0 Å². The van der Waals surface area contributed by atoms with Gasteiger partial charge in [-0.3, -0.25) is 19.2 Å². The summed E-state index contributed by atoms with van der Waals surface area (Å²) in [4.78, 5) is 46.3. The Labute approximate surface area is 382 Å². The van der Waals surface area contributed by atoms with Crippen LogP contribution >= 0.6 is 0 Å². The van der Waals surface area contributed by atoms with E-state index in [0.717, 1.165) is 75.6 Å². The second-order valence-electron chi connectivity index (χ2n) is 14.2. The zero-order chi connectivity index (χ0) is 43.1. The normalized spacial score (nSPS) is 11.1. The van der Waals surface area contributed by atoms with Gasteiger partial charge in [-0.1, -0.05) is 90.9 Å². The number of hydrogen-bond acceptors (Lipinski definition) is 12. The van der Waals surface area contributed by atoms with Crippen molar-refractivity contribution < 1.29 is 54.6 Å². The Bertz CT molecular complexity index is 1560. The Morgan fingerprint density at radius 1 is 0.458 bits per heavy atom. The molecule has 2 aromatic carbocycles. The Balaban J connectivity index is 0.00000112. The van der Waals surface area contributed by atoms with Crippen LogP contribution in [0, 0.1) is 0 Å². The predicted molar refractivity (Wildman–Crippen MR) is 225 cm³/mol. The van der Waals surface area contributed by atoms with Crippen LogP contribution in [0.15, 0.2) is 58.3 Å². The molecule has 2 N–H and O–H groups in total. The molecule has 2 rings (SSSR count). The molecule has 0 aromatic heterocycles. The van der Waals surface area contributed by atoms with E-state index in [1.165, 1.54) is 75.6 Å². The van der Waals surface area contributed by atoms with Gasteiger partial charge in [0.05, 0.1) is 9.79 Å². The molecule has 328 valence electrons. The van der Waals surface area contributed by atoms with Crippen LogP contribution in [0.4, 0.5) is 0 Å². The van der Waals surface area contributed by atoms with Gasteiger partial charge in [-0.25, -0.2) is 16.8 Å². The van der Waals surface area contributed by atoms with E-state index in [0.29, 0.717) is 38.8 Å². The largest absolute Gasteiger partial charge is 2.00 e. The molecule has 2 amide bonds. The number of rotatable bonds is 30. The second kappa shape index (κ2) is 34.0. The summed E-state index contributed by atoms with van der Waals surface area (Å²) in [6.45, 7) is 5.58. The monoisotopic (exact) mass is 892 g/mol.